The highest BCUT2D eigenvalue weighted by Gasteiger charge is 2.62. The number of fused-ring (bicyclic) bond motifs is 2. The van der Waals surface area contributed by atoms with Gasteiger partial charge >= 0.3 is 11.9 Å². The van der Waals surface area contributed by atoms with E-state index >= 15 is 0 Å². The van der Waals surface area contributed by atoms with Gasteiger partial charge in [0.15, 0.2) is 5.75 Å². The number of aromatic hydroxyl groups is 1. The molecular weight excluding hydrogens is 477 g/mol. The molecule has 2 aromatic carbocycles. The molecule has 0 aromatic heterocycles. The van der Waals surface area contributed by atoms with Crippen LogP contribution in [-0.4, -0.2) is 22.2 Å². The fourth-order valence-electron chi connectivity index (χ4n) is 6.11. The second-order valence-electron chi connectivity index (χ2n) is 10.2. The van der Waals surface area contributed by atoms with Gasteiger partial charge in [-0.25, -0.2) is 4.79 Å². The van der Waals surface area contributed by atoms with Gasteiger partial charge in [-0.15, -0.1) is 0 Å². The van der Waals surface area contributed by atoms with E-state index in [0.29, 0.717) is 27.8 Å². The number of hydrogen-bond donors (Lipinski definition) is 3. The van der Waals surface area contributed by atoms with Crippen molar-refractivity contribution in [3.8, 4) is 11.5 Å². The first-order chi connectivity index (χ1) is 15.9. The zero-order valence-corrected chi connectivity index (χ0v) is 21.2. The summed E-state index contributed by atoms with van der Waals surface area (Å²) >= 11 is 12.2. The molecule has 2 aromatic rings. The van der Waals surface area contributed by atoms with E-state index in [9.17, 15) is 19.8 Å². The monoisotopic (exact) mass is 505 g/mol. The van der Waals surface area contributed by atoms with Gasteiger partial charge in [0.25, 0.3) is 0 Å². The summed E-state index contributed by atoms with van der Waals surface area (Å²) in [4.78, 5) is 24.1. The van der Waals surface area contributed by atoms with E-state index in [-0.39, 0.29) is 45.4 Å². The van der Waals surface area contributed by atoms with E-state index < -0.39 is 11.9 Å². The Bertz CT molecular complexity index is 1180. The molecule has 2 bridgehead atoms. The molecule has 8 heteroatoms. The Morgan fingerprint density at radius 2 is 1.91 bits per heavy atom. The third kappa shape index (κ3) is 3.91. The first kappa shape index (κ1) is 24.7. The second-order valence-corrected chi connectivity index (χ2v) is 11.1. The molecule has 2 saturated carbocycles. The Labute approximate surface area is 209 Å². The maximum Gasteiger partial charge on any atom is 0.339 e. The molecule has 0 aliphatic heterocycles. The van der Waals surface area contributed by atoms with Crippen molar-refractivity contribution in [3.63, 3.8) is 0 Å². The van der Waals surface area contributed by atoms with E-state index in [1.54, 1.807) is 12.1 Å². The molecule has 2 aliphatic rings. The van der Waals surface area contributed by atoms with Gasteiger partial charge in [-0.2, -0.15) is 0 Å². The number of carbonyl (C=O) groups excluding carboxylic acids is 1. The minimum absolute atomic E-state index is 0.00561. The number of phenols is 1. The average molecular weight is 506 g/mol. The van der Waals surface area contributed by atoms with Crippen molar-refractivity contribution in [2.24, 2.45) is 16.7 Å². The first-order valence-corrected chi connectivity index (χ1v) is 12.1. The first-order valence-electron chi connectivity index (χ1n) is 11.4. The van der Waals surface area contributed by atoms with E-state index in [0.717, 1.165) is 19.3 Å². The number of aromatic carboxylic acids is 1. The van der Waals surface area contributed by atoms with Crippen molar-refractivity contribution < 1.29 is 24.5 Å². The van der Waals surface area contributed by atoms with Crippen LogP contribution in [0.25, 0.3) is 0 Å². The molecule has 0 saturated heterocycles. The Morgan fingerprint density at radius 3 is 2.47 bits per heavy atom. The standard InChI is InChI=1S/C26H29Cl2NO5/c1-13(30)34-23-17(24(32)33)5-6-20(29-12-14-9-16(27)11-19(28)22(14)31)21(23)18-10-15-7-8-26(18,4)25(15,2)3/h5-6,9,11,15,18,29,31H,7-8,10,12H2,1-4H3,(H,32,33). The van der Waals surface area contributed by atoms with Crippen LogP contribution in [0.4, 0.5) is 5.69 Å². The third-order valence-electron chi connectivity index (χ3n) is 8.39. The lowest BCUT2D eigenvalue weighted by Gasteiger charge is -2.40. The minimum atomic E-state index is -1.16. The second kappa shape index (κ2) is 8.65. The summed E-state index contributed by atoms with van der Waals surface area (Å²) in [5.41, 5.74) is 1.77. The van der Waals surface area contributed by atoms with Crippen molar-refractivity contribution in [1.82, 2.24) is 0 Å². The van der Waals surface area contributed by atoms with E-state index in [2.05, 4.69) is 26.1 Å². The summed E-state index contributed by atoms with van der Waals surface area (Å²) in [6.07, 6.45) is 3.01. The molecule has 0 spiro atoms. The summed E-state index contributed by atoms with van der Waals surface area (Å²) in [7, 11) is 0. The quantitative estimate of drug-likeness (QED) is 0.293. The van der Waals surface area contributed by atoms with Gasteiger partial charge in [-0.1, -0.05) is 44.0 Å². The number of carboxylic acid groups (broad SMARTS) is 1. The van der Waals surface area contributed by atoms with Crippen LogP contribution in [0.3, 0.4) is 0 Å². The van der Waals surface area contributed by atoms with Crippen LogP contribution >= 0.6 is 23.2 Å². The van der Waals surface area contributed by atoms with Crippen LogP contribution in [0.2, 0.25) is 10.0 Å². The topological polar surface area (TPSA) is 95.9 Å². The molecule has 6 nitrogen and oxygen atoms in total. The SMILES string of the molecule is CC(=O)Oc1c(C(=O)O)ccc(NCc2cc(Cl)cc(Cl)c2O)c1C1CC2CCC1(C)C2(C)C. The molecule has 3 atom stereocenters. The van der Waals surface area contributed by atoms with E-state index in [1.165, 1.54) is 19.1 Å². The summed E-state index contributed by atoms with van der Waals surface area (Å²) in [6.45, 7) is 8.27. The van der Waals surface area contributed by atoms with Crippen molar-refractivity contribution in [1.29, 1.82) is 0 Å². The number of hydrogen-bond acceptors (Lipinski definition) is 5. The van der Waals surface area contributed by atoms with Crippen LogP contribution in [0.15, 0.2) is 24.3 Å². The number of halogens is 2. The molecule has 4 rings (SSSR count). The fourth-order valence-corrected chi connectivity index (χ4v) is 6.64. The van der Waals surface area contributed by atoms with Crippen LogP contribution < -0.4 is 10.1 Å². The largest absolute Gasteiger partial charge is 0.506 e. The number of benzene rings is 2. The van der Waals surface area contributed by atoms with Crippen molar-refractivity contribution in [3.05, 3.63) is 51.0 Å². The van der Waals surface area contributed by atoms with Gasteiger partial charge in [0.05, 0.1) is 5.02 Å². The van der Waals surface area contributed by atoms with Crippen LogP contribution in [0, 0.1) is 16.7 Å². The number of carbonyl (C=O) groups is 2. The predicted molar refractivity (Wildman–Crippen MR) is 132 cm³/mol. The Kier molecular flexibility index (Phi) is 6.28. The Morgan fingerprint density at radius 1 is 1.21 bits per heavy atom. The number of anilines is 1. The number of carboxylic acids is 1. The Hall–Kier alpha value is -2.44. The molecule has 3 unspecified atom stereocenters. The van der Waals surface area contributed by atoms with Gasteiger partial charge < -0.3 is 20.3 Å². The van der Waals surface area contributed by atoms with Crippen LogP contribution in [-0.2, 0) is 11.3 Å². The molecule has 34 heavy (non-hydrogen) atoms. The summed E-state index contributed by atoms with van der Waals surface area (Å²) in [5.74, 6) is -1.23. The lowest BCUT2D eigenvalue weighted by Crippen LogP contribution is -2.32. The molecule has 0 amide bonds. The van der Waals surface area contributed by atoms with E-state index in [1.807, 2.05) is 0 Å². The number of rotatable bonds is 6. The van der Waals surface area contributed by atoms with Crippen molar-refractivity contribution in [2.75, 3.05) is 5.32 Å². The normalized spacial score (nSPS) is 24.8. The van der Waals surface area contributed by atoms with Crippen LogP contribution in [0.5, 0.6) is 11.5 Å². The van der Waals surface area contributed by atoms with Gasteiger partial charge in [0, 0.05) is 35.3 Å². The highest BCUT2D eigenvalue weighted by atomic mass is 35.5. The Balaban J connectivity index is 1.84. The molecule has 0 heterocycles. The lowest BCUT2D eigenvalue weighted by atomic mass is 9.64. The van der Waals surface area contributed by atoms with Gasteiger partial charge in [-0.3, -0.25) is 4.79 Å². The molecule has 182 valence electrons. The maximum atomic E-state index is 12.1. The highest BCUT2D eigenvalue weighted by molar-refractivity contribution is 6.35. The highest BCUT2D eigenvalue weighted by Crippen LogP contribution is 2.72. The zero-order valence-electron chi connectivity index (χ0n) is 19.7. The molecule has 2 aliphatic carbocycles. The molecule has 2 fully saturated rings. The summed E-state index contributed by atoms with van der Waals surface area (Å²) < 4.78 is 5.57. The summed E-state index contributed by atoms with van der Waals surface area (Å²) in [6, 6.07) is 6.23. The number of nitrogens with one attached hydrogen (secondary N) is 1. The maximum absolute atomic E-state index is 12.1. The van der Waals surface area contributed by atoms with Gasteiger partial charge in [0.2, 0.25) is 0 Å². The minimum Gasteiger partial charge on any atom is -0.506 e. The number of ether oxygens (including phenoxy) is 1. The molecule has 0 radical (unpaired) electrons. The summed E-state index contributed by atoms with van der Waals surface area (Å²) in [5, 5.41) is 24.1. The number of phenolic OH excluding ortho intramolecular Hbond substituents is 1. The van der Waals surface area contributed by atoms with Gasteiger partial charge in [0.1, 0.15) is 11.3 Å². The third-order valence-corrected chi connectivity index (χ3v) is 8.90. The number of esters is 1. The zero-order chi connectivity index (χ0) is 25.0. The predicted octanol–water partition coefficient (Wildman–Crippen LogP) is 6.86. The average Bonchev–Trinajstić information content (AvgIpc) is 3.08. The molecule has 3 N–H and O–H groups in total. The van der Waals surface area contributed by atoms with Crippen molar-refractivity contribution >= 4 is 40.8 Å². The van der Waals surface area contributed by atoms with Gasteiger partial charge in [-0.05, 0) is 66.2 Å². The van der Waals surface area contributed by atoms with E-state index in [4.69, 9.17) is 27.9 Å². The fraction of sp³-hybridized carbons (Fsp3) is 0.462. The smallest absolute Gasteiger partial charge is 0.339 e. The lowest BCUT2D eigenvalue weighted by molar-refractivity contribution is -0.132. The van der Waals surface area contributed by atoms with Crippen molar-refractivity contribution in [2.45, 2.75) is 59.4 Å². The van der Waals surface area contributed by atoms with Crippen LogP contribution in [0.1, 0.15) is 74.4 Å². The molecular formula is C26H29Cl2NO5.